The van der Waals surface area contributed by atoms with E-state index in [1.54, 1.807) is 31.4 Å². The van der Waals surface area contributed by atoms with Gasteiger partial charge < -0.3 is 10.1 Å². The molecule has 0 aliphatic carbocycles. The molecule has 178 valence electrons. The summed E-state index contributed by atoms with van der Waals surface area (Å²) in [6.45, 7) is 2.51. The zero-order valence-electron chi connectivity index (χ0n) is 19.5. The molecule has 0 unspecified atom stereocenters. The van der Waals surface area contributed by atoms with E-state index >= 15 is 0 Å². The van der Waals surface area contributed by atoms with Crippen molar-refractivity contribution in [2.75, 3.05) is 20.2 Å². The lowest BCUT2D eigenvalue weighted by Gasteiger charge is -2.32. The molecule has 0 bridgehead atoms. The third-order valence-corrected chi connectivity index (χ3v) is 8.16. The van der Waals surface area contributed by atoms with Gasteiger partial charge in [0, 0.05) is 13.1 Å². The average Bonchev–Trinajstić information content (AvgIpc) is 2.88. The lowest BCUT2D eigenvalue weighted by atomic mass is 9.95. The second-order valence-electron chi connectivity index (χ2n) is 8.64. The highest BCUT2D eigenvalue weighted by Gasteiger charge is 2.34. The Balaban J connectivity index is 1.53. The molecule has 1 saturated heterocycles. The number of nitrogens with one attached hydrogen (secondary N) is 1. The standard InChI is InChI=1S/C27H30N2O4S/c1-20-10-16-25(17-11-20)34(31,32)29-18-6-9-23(19-29)27(30)28-26(21-7-4-3-5-8-21)22-12-14-24(33-2)15-13-22/h3-5,7-8,10-17,23,26H,6,9,18-19H2,1-2H3,(H,28,30)/t23-,26-/m0/s1. The number of rotatable bonds is 7. The molecular weight excluding hydrogens is 448 g/mol. The Kier molecular flexibility index (Phi) is 7.34. The first-order valence-electron chi connectivity index (χ1n) is 11.4. The Bertz CT molecular complexity index is 1210. The molecule has 2 atom stereocenters. The number of hydrogen-bond donors (Lipinski definition) is 1. The van der Waals surface area contributed by atoms with Crippen molar-refractivity contribution < 1.29 is 17.9 Å². The predicted molar refractivity (Wildman–Crippen MR) is 132 cm³/mol. The quantitative estimate of drug-likeness (QED) is 0.549. The molecular formula is C27H30N2O4S. The highest BCUT2D eigenvalue weighted by Crippen LogP contribution is 2.28. The van der Waals surface area contributed by atoms with Crippen molar-refractivity contribution in [2.24, 2.45) is 5.92 Å². The van der Waals surface area contributed by atoms with Crippen LogP contribution in [-0.2, 0) is 14.8 Å². The number of sulfonamides is 1. The van der Waals surface area contributed by atoms with Gasteiger partial charge in [0.05, 0.1) is 24.0 Å². The van der Waals surface area contributed by atoms with E-state index in [0.717, 1.165) is 22.4 Å². The molecule has 1 fully saturated rings. The van der Waals surface area contributed by atoms with E-state index in [-0.39, 0.29) is 23.4 Å². The molecule has 1 aliphatic rings. The number of benzene rings is 3. The highest BCUT2D eigenvalue weighted by atomic mass is 32.2. The third kappa shape index (κ3) is 5.32. The second kappa shape index (κ2) is 10.4. The topological polar surface area (TPSA) is 75.7 Å². The summed E-state index contributed by atoms with van der Waals surface area (Å²) in [5, 5.41) is 3.17. The zero-order chi connectivity index (χ0) is 24.1. The van der Waals surface area contributed by atoms with E-state index in [0.29, 0.717) is 19.4 Å². The predicted octanol–water partition coefficient (Wildman–Crippen LogP) is 4.31. The number of carbonyl (C=O) groups excluding carboxylic acids is 1. The summed E-state index contributed by atoms with van der Waals surface area (Å²) in [6, 6.07) is 23.9. The van der Waals surface area contributed by atoms with Crippen LogP contribution in [0, 0.1) is 12.8 Å². The number of nitrogens with zero attached hydrogens (tertiary/aromatic N) is 1. The van der Waals surface area contributed by atoms with Crippen LogP contribution in [0.3, 0.4) is 0 Å². The van der Waals surface area contributed by atoms with Gasteiger partial charge in [-0.3, -0.25) is 4.79 Å². The maximum absolute atomic E-state index is 13.4. The van der Waals surface area contributed by atoms with Crippen LogP contribution in [0.15, 0.2) is 83.8 Å². The largest absolute Gasteiger partial charge is 0.497 e. The van der Waals surface area contributed by atoms with Crippen molar-refractivity contribution in [3.8, 4) is 5.75 Å². The van der Waals surface area contributed by atoms with Gasteiger partial charge in [-0.25, -0.2) is 8.42 Å². The van der Waals surface area contributed by atoms with Crippen molar-refractivity contribution in [1.29, 1.82) is 0 Å². The number of amides is 1. The summed E-state index contributed by atoms with van der Waals surface area (Å²) in [4.78, 5) is 13.6. The van der Waals surface area contributed by atoms with Crippen LogP contribution in [0.1, 0.15) is 35.6 Å². The molecule has 1 heterocycles. The molecule has 34 heavy (non-hydrogen) atoms. The van der Waals surface area contributed by atoms with Crippen molar-refractivity contribution in [3.63, 3.8) is 0 Å². The third-order valence-electron chi connectivity index (χ3n) is 6.28. The summed E-state index contributed by atoms with van der Waals surface area (Å²) in [7, 11) is -2.03. The summed E-state index contributed by atoms with van der Waals surface area (Å²) in [6.07, 6.45) is 1.29. The number of ether oxygens (including phenoxy) is 1. The molecule has 6 nitrogen and oxygen atoms in total. The molecule has 1 N–H and O–H groups in total. The number of carbonyl (C=O) groups is 1. The fraction of sp³-hybridized carbons (Fsp3) is 0.296. The van der Waals surface area contributed by atoms with E-state index in [9.17, 15) is 13.2 Å². The van der Waals surface area contributed by atoms with Crippen molar-refractivity contribution >= 4 is 15.9 Å². The summed E-state index contributed by atoms with van der Waals surface area (Å²) < 4.78 is 33.1. The Morgan fingerprint density at radius 2 is 1.62 bits per heavy atom. The maximum Gasteiger partial charge on any atom is 0.243 e. The van der Waals surface area contributed by atoms with Crippen molar-refractivity contribution in [2.45, 2.75) is 30.7 Å². The normalized spacial score (nSPS) is 17.6. The smallest absolute Gasteiger partial charge is 0.243 e. The number of aryl methyl sites for hydroxylation is 1. The Morgan fingerprint density at radius 3 is 2.26 bits per heavy atom. The molecule has 7 heteroatoms. The molecule has 0 spiro atoms. The van der Waals surface area contributed by atoms with Gasteiger partial charge in [-0.1, -0.05) is 60.2 Å². The van der Waals surface area contributed by atoms with Gasteiger partial charge in [0.15, 0.2) is 0 Å². The molecule has 3 aromatic rings. The van der Waals surface area contributed by atoms with Gasteiger partial charge in [-0.05, 0) is 55.2 Å². The minimum atomic E-state index is -3.65. The van der Waals surface area contributed by atoms with Gasteiger partial charge in [0.1, 0.15) is 5.75 Å². The van der Waals surface area contributed by atoms with E-state index in [1.165, 1.54) is 4.31 Å². The first-order chi connectivity index (χ1) is 16.4. The van der Waals surface area contributed by atoms with E-state index in [2.05, 4.69) is 5.32 Å². The minimum absolute atomic E-state index is 0.145. The Morgan fingerprint density at radius 1 is 0.971 bits per heavy atom. The van der Waals surface area contributed by atoms with Crippen LogP contribution in [-0.4, -0.2) is 38.8 Å². The summed E-state index contributed by atoms with van der Waals surface area (Å²) in [5.41, 5.74) is 2.89. The Hall–Kier alpha value is -3.16. The monoisotopic (exact) mass is 478 g/mol. The highest BCUT2D eigenvalue weighted by molar-refractivity contribution is 7.89. The lowest BCUT2D eigenvalue weighted by Crippen LogP contribution is -2.46. The number of piperidine rings is 1. The molecule has 0 saturated carbocycles. The summed E-state index contributed by atoms with van der Waals surface area (Å²) >= 11 is 0. The molecule has 0 radical (unpaired) electrons. The summed E-state index contributed by atoms with van der Waals surface area (Å²) in [5.74, 6) is 0.179. The minimum Gasteiger partial charge on any atom is -0.497 e. The van der Waals surface area contributed by atoms with Gasteiger partial charge in [-0.15, -0.1) is 0 Å². The SMILES string of the molecule is COc1ccc([C@@H](NC(=O)[C@H]2CCCN(S(=O)(=O)c3ccc(C)cc3)C2)c2ccccc2)cc1. The average molecular weight is 479 g/mol. The molecule has 1 amide bonds. The maximum atomic E-state index is 13.4. The van der Waals surface area contributed by atoms with E-state index in [1.807, 2.05) is 61.5 Å². The van der Waals surface area contributed by atoms with Crippen LogP contribution >= 0.6 is 0 Å². The van der Waals surface area contributed by atoms with Gasteiger partial charge in [0.25, 0.3) is 0 Å². The van der Waals surface area contributed by atoms with Crippen LogP contribution in [0.4, 0.5) is 0 Å². The van der Waals surface area contributed by atoms with E-state index < -0.39 is 15.9 Å². The fourth-order valence-corrected chi connectivity index (χ4v) is 5.82. The number of methoxy groups -OCH3 is 1. The first kappa shape index (κ1) is 24.0. The molecule has 4 rings (SSSR count). The van der Waals surface area contributed by atoms with Crippen LogP contribution in [0.25, 0.3) is 0 Å². The van der Waals surface area contributed by atoms with Gasteiger partial charge in [-0.2, -0.15) is 4.31 Å². The molecule has 1 aliphatic heterocycles. The first-order valence-corrected chi connectivity index (χ1v) is 12.9. The second-order valence-corrected chi connectivity index (χ2v) is 10.6. The van der Waals surface area contributed by atoms with E-state index in [4.69, 9.17) is 4.74 Å². The van der Waals surface area contributed by atoms with Crippen LogP contribution in [0.2, 0.25) is 0 Å². The van der Waals surface area contributed by atoms with Crippen LogP contribution < -0.4 is 10.1 Å². The van der Waals surface area contributed by atoms with Gasteiger partial charge in [0.2, 0.25) is 15.9 Å². The Labute approximate surface area is 201 Å². The fourth-order valence-electron chi connectivity index (χ4n) is 4.30. The van der Waals surface area contributed by atoms with Gasteiger partial charge >= 0.3 is 0 Å². The van der Waals surface area contributed by atoms with Crippen LogP contribution in [0.5, 0.6) is 5.75 Å². The number of hydrogen-bond acceptors (Lipinski definition) is 4. The lowest BCUT2D eigenvalue weighted by molar-refractivity contribution is -0.126. The zero-order valence-corrected chi connectivity index (χ0v) is 20.3. The molecule has 0 aromatic heterocycles. The van der Waals surface area contributed by atoms with Crippen molar-refractivity contribution in [3.05, 3.63) is 95.6 Å². The van der Waals surface area contributed by atoms with Crippen molar-refractivity contribution in [1.82, 2.24) is 9.62 Å². The molecule has 3 aromatic carbocycles.